The summed E-state index contributed by atoms with van der Waals surface area (Å²) in [6, 6.07) is 8.53. The number of methoxy groups -OCH3 is 1. The molecule has 0 fully saturated rings. The number of ether oxygens (including phenoxy) is 1. The van der Waals surface area contributed by atoms with Crippen molar-refractivity contribution in [1.82, 2.24) is 4.57 Å². The highest BCUT2D eigenvalue weighted by Gasteiger charge is 2.24. The zero-order valence-electron chi connectivity index (χ0n) is 11.4. The molecule has 2 aromatic rings. The van der Waals surface area contributed by atoms with Crippen molar-refractivity contribution in [3.05, 3.63) is 40.6 Å². The van der Waals surface area contributed by atoms with Gasteiger partial charge < -0.3 is 9.30 Å². The summed E-state index contributed by atoms with van der Waals surface area (Å²) in [5, 5.41) is 9.33. The first kappa shape index (κ1) is 11.9. The SMILES string of the molecule is COc1ccc2c(c1)CCn1c(C#N)c(C)c(C)c1-2. The van der Waals surface area contributed by atoms with Gasteiger partial charge in [0.2, 0.25) is 0 Å². The largest absolute Gasteiger partial charge is 0.497 e. The maximum absolute atomic E-state index is 9.33. The van der Waals surface area contributed by atoms with Gasteiger partial charge in [-0.3, -0.25) is 0 Å². The molecule has 0 bridgehead atoms. The Balaban J connectivity index is 2.28. The summed E-state index contributed by atoms with van der Waals surface area (Å²) in [7, 11) is 1.69. The number of aryl methyl sites for hydroxylation is 1. The minimum Gasteiger partial charge on any atom is -0.497 e. The molecular formula is C16H16N2O. The van der Waals surface area contributed by atoms with Crippen LogP contribution < -0.4 is 4.74 Å². The summed E-state index contributed by atoms with van der Waals surface area (Å²) in [6.07, 6.45) is 0.946. The fourth-order valence-corrected chi connectivity index (χ4v) is 2.95. The number of aromatic nitrogens is 1. The van der Waals surface area contributed by atoms with E-state index in [1.165, 1.54) is 22.4 Å². The normalized spacial score (nSPS) is 12.5. The van der Waals surface area contributed by atoms with E-state index in [0.717, 1.165) is 30.0 Å². The van der Waals surface area contributed by atoms with Crippen LogP contribution in [0.3, 0.4) is 0 Å². The first-order valence-corrected chi connectivity index (χ1v) is 6.44. The number of rotatable bonds is 1. The topological polar surface area (TPSA) is 38.0 Å². The molecule has 0 amide bonds. The van der Waals surface area contributed by atoms with Crippen LogP contribution in [0.25, 0.3) is 11.3 Å². The summed E-state index contributed by atoms with van der Waals surface area (Å²) >= 11 is 0. The van der Waals surface area contributed by atoms with Crippen molar-refractivity contribution in [2.45, 2.75) is 26.8 Å². The van der Waals surface area contributed by atoms with Crippen molar-refractivity contribution in [3.8, 4) is 23.1 Å². The molecule has 0 radical (unpaired) electrons. The van der Waals surface area contributed by atoms with Gasteiger partial charge in [0.05, 0.1) is 12.8 Å². The van der Waals surface area contributed by atoms with Gasteiger partial charge in [-0.05, 0) is 55.2 Å². The van der Waals surface area contributed by atoms with E-state index in [1.807, 2.05) is 13.0 Å². The molecule has 19 heavy (non-hydrogen) atoms. The second-order valence-corrected chi connectivity index (χ2v) is 4.98. The van der Waals surface area contributed by atoms with E-state index in [9.17, 15) is 5.26 Å². The molecule has 0 saturated carbocycles. The molecule has 0 unspecified atom stereocenters. The second kappa shape index (κ2) is 4.17. The van der Waals surface area contributed by atoms with Crippen molar-refractivity contribution in [1.29, 1.82) is 5.26 Å². The van der Waals surface area contributed by atoms with Crippen LogP contribution in [0.15, 0.2) is 18.2 Å². The fraction of sp³-hybridized carbons (Fsp3) is 0.312. The van der Waals surface area contributed by atoms with E-state index in [1.54, 1.807) is 7.11 Å². The summed E-state index contributed by atoms with van der Waals surface area (Å²) in [4.78, 5) is 0. The highest BCUT2D eigenvalue weighted by molar-refractivity contribution is 5.73. The Hall–Kier alpha value is -2.21. The van der Waals surface area contributed by atoms with Crippen molar-refractivity contribution >= 4 is 0 Å². The summed E-state index contributed by atoms with van der Waals surface area (Å²) in [5.41, 5.74) is 6.84. The van der Waals surface area contributed by atoms with Gasteiger partial charge in [-0.1, -0.05) is 0 Å². The molecule has 1 aromatic heterocycles. The van der Waals surface area contributed by atoms with Crippen molar-refractivity contribution < 1.29 is 4.74 Å². The number of fused-ring (bicyclic) bond motifs is 3. The van der Waals surface area contributed by atoms with E-state index in [-0.39, 0.29) is 0 Å². The van der Waals surface area contributed by atoms with Crippen LogP contribution in [0.2, 0.25) is 0 Å². The van der Waals surface area contributed by atoms with Gasteiger partial charge in [-0.2, -0.15) is 5.26 Å². The van der Waals surface area contributed by atoms with E-state index in [0.29, 0.717) is 0 Å². The molecule has 1 aromatic carbocycles. The first-order valence-electron chi connectivity index (χ1n) is 6.44. The van der Waals surface area contributed by atoms with Gasteiger partial charge in [0, 0.05) is 12.1 Å². The quantitative estimate of drug-likeness (QED) is 0.781. The fourth-order valence-electron chi connectivity index (χ4n) is 2.95. The molecule has 1 aliphatic rings. The number of hydrogen-bond donors (Lipinski definition) is 0. The van der Waals surface area contributed by atoms with E-state index >= 15 is 0 Å². The van der Waals surface area contributed by atoms with Gasteiger partial charge >= 0.3 is 0 Å². The maximum atomic E-state index is 9.33. The zero-order valence-corrected chi connectivity index (χ0v) is 11.4. The first-order chi connectivity index (χ1) is 9.17. The molecule has 0 atom stereocenters. The van der Waals surface area contributed by atoms with E-state index in [2.05, 4.69) is 29.7 Å². The summed E-state index contributed by atoms with van der Waals surface area (Å²) in [6.45, 7) is 5.00. The molecule has 3 nitrogen and oxygen atoms in total. The molecule has 2 heterocycles. The lowest BCUT2D eigenvalue weighted by atomic mass is 9.96. The van der Waals surface area contributed by atoms with Crippen LogP contribution >= 0.6 is 0 Å². The average molecular weight is 252 g/mol. The number of nitrogens with zero attached hydrogens (tertiary/aromatic N) is 2. The molecular weight excluding hydrogens is 236 g/mol. The minimum absolute atomic E-state index is 0.800. The number of benzene rings is 1. The Labute approximate surface area is 113 Å². The predicted molar refractivity (Wildman–Crippen MR) is 74.3 cm³/mol. The lowest BCUT2D eigenvalue weighted by Gasteiger charge is -2.21. The van der Waals surface area contributed by atoms with Crippen LogP contribution in [-0.2, 0) is 13.0 Å². The highest BCUT2D eigenvalue weighted by atomic mass is 16.5. The minimum atomic E-state index is 0.800. The van der Waals surface area contributed by atoms with Crippen LogP contribution in [0.4, 0.5) is 0 Å². The van der Waals surface area contributed by atoms with Crippen LogP contribution in [0, 0.1) is 25.2 Å². The third kappa shape index (κ3) is 1.57. The van der Waals surface area contributed by atoms with Crippen LogP contribution in [-0.4, -0.2) is 11.7 Å². The smallest absolute Gasteiger partial charge is 0.123 e. The average Bonchev–Trinajstić information content (AvgIpc) is 2.70. The molecule has 0 spiro atoms. The molecule has 0 N–H and O–H groups in total. The zero-order chi connectivity index (χ0) is 13.6. The Kier molecular flexibility index (Phi) is 2.60. The van der Waals surface area contributed by atoms with E-state index in [4.69, 9.17) is 4.74 Å². The lowest BCUT2D eigenvalue weighted by Crippen LogP contribution is -2.12. The third-order valence-corrected chi connectivity index (χ3v) is 4.09. The Morgan fingerprint density at radius 1 is 1.26 bits per heavy atom. The maximum Gasteiger partial charge on any atom is 0.123 e. The van der Waals surface area contributed by atoms with Crippen molar-refractivity contribution in [2.24, 2.45) is 0 Å². The monoisotopic (exact) mass is 252 g/mol. The standard InChI is InChI=1S/C16H16N2O/c1-10-11(2)16-14-5-4-13(19-3)8-12(14)6-7-18(16)15(10)9-17/h4-5,8H,6-7H2,1-3H3. The Bertz CT molecular complexity index is 705. The van der Waals surface area contributed by atoms with Crippen molar-refractivity contribution in [3.63, 3.8) is 0 Å². The van der Waals surface area contributed by atoms with Gasteiger partial charge in [0.25, 0.3) is 0 Å². The van der Waals surface area contributed by atoms with Gasteiger partial charge in [-0.25, -0.2) is 0 Å². The number of nitriles is 1. The molecule has 1 aliphatic heterocycles. The second-order valence-electron chi connectivity index (χ2n) is 4.98. The summed E-state index contributed by atoms with van der Waals surface area (Å²) in [5.74, 6) is 0.897. The van der Waals surface area contributed by atoms with Gasteiger partial charge in [0.1, 0.15) is 17.5 Å². The van der Waals surface area contributed by atoms with E-state index < -0.39 is 0 Å². The Morgan fingerprint density at radius 2 is 2.05 bits per heavy atom. The van der Waals surface area contributed by atoms with Crippen molar-refractivity contribution in [2.75, 3.05) is 7.11 Å². The molecule has 0 aliphatic carbocycles. The van der Waals surface area contributed by atoms with Gasteiger partial charge in [-0.15, -0.1) is 0 Å². The predicted octanol–water partition coefficient (Wildman–Crippen LogP) is 3.21. The molecule has 96 valence electrons. The molecule has 3 heteroatoms. The Morgan fingerprint density at radius 3 is 2.74 bits per heavy atom. The van der Waals surface area contributed by atoms with Crippen LogP contribution in [0.5, 0.6) is 5.75 Å². The summed E-state index contributed by atoms with van der Waals surface area (Å²) < 4.78 is 7.44. The van der Waals surface area contributed by atoms with Gasteiger partial charge in [0.15, 0.2) is 0 Å². The molecule has 0 saturated heterocycles. The third-order valence-electron chi connectivity index (χ3n) is 4.09. The lowest BCUT2D eigenvalue weighted by molar-refractivity contribution is 0.414. The highest BCUT2D eigenvalue weighted by Crippen LogP contribution is 2.37. The number of hydrogen-bond acceptors (Lipinski definition) is 2. The van der Waals surface area contributed by atoms with Crippen LogP contribution in [0.1, 0.15) is 22.4 Å². The molecule has 3 rings (SSSR count).